The third-order valence-electron chi connectivity index (χ3n) is 6.68. The quantitative estimate of drug-likeness (QED) is 0.401. The molecule has 0 bridgehead atoms. The van der Waals surface area contributed by atoms with Gasteiger partial charge >= 0.3 is 0 Å². The van der Waals surface area contributed by atoms with Crippen LogP contribution in [0, 0.1) is 17.1 Å². The lowest BCUT2D eigenvalue weighted by Gasteiger charge is -2.34. The number of hydrogen-bond donors (Lipinski definition) is 1. The van der Waals surface area contributed by atoms with Crippen LogP contribution in [-0.4, -0.2) is 51.8 Å². The molecule has 1 atom stereocenters. The summed E-state index contributed by atoms with van der Waals surface area (Å²) in [6, 6.07) is 9.94. The van der Waals surface area contributed by atoms with E-state index < -0.39 is 5.82 Å². The number of anilines is 1. The molecule has 4 aromatic rings. The van der Waals surface area contributed by atoms with Crippen LogP contribution in [0.25, 0.3) is 22.3 Å². The fraction of sp³-hybridized carbons (Fsp3) is 0.296. The number of aryl methyl sites for hydroxylation is 1. The number of hydrogen-bond acceptors (Lipinski definition) is 8. The molecule has 5 rings (SSSR count). The summed E-state index contributed by atoms with van der Waals surface area (Å²) in [6.45, 7) is 1.43. The first kappa shape index (κ1) is 24.3. The molecule has 2 N–H and O–H groups in total. The van der Waals surface area contributed by atoms with Gasteiger partial charge in [-0.25, -0.2) is 14.4 Å². The van der Waals surface area contributed by atoms with Crippen LogP contribution in [-0.2, 0) is 13.5 Å². The summed E-state index contributed by atoms with van der Waals surface area (Å²) in [6.07, 6.45) is 5.01. The third-order valence-corrected chi connectivity index (χ3v) is 6.68. The zero-order valence-corrected chi connectivity index (χ0v) is 20.6. The maximum Gasteiger partial charge on any atom is 0.185 e. The summed E-state index contributed by atoms with van der Waals surface area (Å²) in [7, 11) is 3.22. The zero-order chi connectivity index (χ0) is 26.1. The average molecular weight is 500 g/mol. The summed E-state index contributed by atoms with van der Waals surface area (Å²) in [5, 5.41) is 15.0. The van der Waals surface area contributed by atoms with Gasteiger partial charge in [0.1, 0.15) is 23.3 Å². The molecule has 10 heteroatoms. The summed E-state index contributed by atoms with van der Waals surface area (Å²) in [5.41, 5.74) is 9.20. The Balaban J connectivity index is 1.57. The molecular weight excluding hydrogens is 473 g/mol. The highest BCUT2D eigenvalue weighted by atomic mass is 19.1. The van der Waals surface area contributed by atoms with Crippen molar-refractivity contribution in [2.75, 3.05) is 25.1 Å². The second-order valence-corrected chi connectivity index (χ2v) is 9.10. The Morgan fingerprint density at radius 1 is 1.35 bits per heavy atom. The van der Waals surface area contributed by atoms with E-state index in [4.69, 9.17) is 10.5 Å². The minimum Gasteiger partial charge on any atom is -0.496 e. The predicted octanol–water partition coefficient (Wildman–Crippen LogP) is 3.40. The summed E-state index contributed by atoms with van der Waals surface area (Å²) in [4.78, 5) is 24.2. The number of rotatable bonds is 6. The lowest BCUT2D eigenvalue weighted by molar-refractivity contribution is 0.0988. The molecule has 0 unspecified atom stereocenters. The normalized spacial score (nSPS) is 15.5. The summed E-state index contributed by atoms with van der Waals surface area (Å²) in [5.74, 6) is -0.500. The molecule has 0 amide bonds. The number of nitrogens with two attached hydrogens (primary N) is 1. The first-order valence-electron chi connectivity index (χ1n) is 12.0. The van der Waals surface area contributed by atoms with E-state index in [-0.39, 0.29) is 41.1 Å². The molecule has 37 heavy (non-hydrogen) atoms. The topological polar surface area (TPSA) is 123 Å². The third kappa shape index (κ3) is 4.49. The van der Waals surface area contributed by atoms with E-state index in [0.717, 1.165) is 30.5 Å². The summed E-state index contributed by atoms with van der Waals surface area (Å²) < 4.78 is 21.6. The van der Waals surface area contributed by atoms with Crippen molar-refractivity contribution in [2.45, 2.75) is 25.3 Å². The van der Waals surface area contributed by atoms with E-state index in [2.05, 4.69) is 26.0 Å². The van der Waals surface area contributed by atoms with Gasteiger partial charge in [0, 0.05) is 44.2 Å². The van der Waals surface area contributed by atoms with Gasteiger partial charge in [-0.05, 0) is 42.7 Å². The van der Waals surface area contributed by atoms with E-state index in [9.17, 15) is 14.4 Å². The number of halogens is 1. The Labute approximate surface area is 213 Å². The molecule has 0 aliphatic carbocycles. The number of piperidine rings is 1. The Bertz CT molecular complexity index is 1540. The smallest absolute Gasteiger partial charge is 0.185 e. The SMILES string of the molecule is COc1cccc(F)c1-c1nccc(C(=O)Cc2cc(C#N)c3c(cnn3C)c2N2CCC[C@@H](N)C2)n1. The number of methoxy groups -OCH3 is 1. The number of nitriles is 1. The molecule has 1 saturated heterocycles. The van der Waals surface area contributed by atoms with Crippen molar-refractivity contribution in [1.29, 1.82) is 5.26 Å². The Morgan fingerprint density at radius 2 is 2.19 bits per heavy atom. The van der Waals surface area contributed by atoms with Crippen molar-refractivity contribution < 1.29 is 13.9 Å². The number of Topliss-reactive ketones (excluding diaryl/α,β-unsaturated/α-hetero) is 1. The number of carbonyl (C=O) groups is 1. The van der Waals surface area contributed by atoms with Gasteiger partial charge < -0.3 is 15.4 Å². The van der Waals surface area contributed by atoms with E-state index in [0.29, 0.717) is 23.2 Å². The van der Waals surface area contributed by atoms with E-state index in [1.54, 1.807) is 30.1 Å². The highest BCUT2D eigenvalue weighted by Gasteiger charge is 2.26. The van der Waals surface area contributed by atoms with E-state index in [1.807, 2.05) is 0 Å². The predicted molar refractivity (Wildman–Crippen MR) is 137 cm³/mol. The van der Waals surface area contributed by atoms with Gasteiger partial charge in [0.2, 0.25) is 0 Å². The number of carbonyl (C=O) groups excluding carboxylic acids is 1. The lowest BCUT2D eigenvalue weighted by Crippen LogP contribution is -2.43. The van der Waals surface area contributed by atoms with Crippen molar-refractivity contribution in [3.05, 3.63) is 65.4 Å². The van der Waals surface area contributed by atoms with Gasteiger partial charge in [-0.15, -0.1) is 0 Å². The van der Waals surface area contributed by atoms with Gasteiger partial charge in [0.15, 0.2) is 11.6 Å². The number of ketones is 1. The van der Waals surface area contributed by atoms with E-state index in [1.165, 1.54) is 31.5 Å². The molecule has 1 aliphatic rings. The number of fused-ring (bicyclic) bond motifs is 1. The molecule has 188 valence electrons. The second kappa shape index (κ2) is 9.95. The van der Waals surface area contributed by atoms with Crippen LogP contribution in [0.1, 0.15) is 34.5 Å². The standard InChI is InChI=1S/C27H26FN7O2/c1-34-25-17(13-29)11-16(26(19(25)14-32-34)35-10-4-5-18(30)15-35)12-22(36)21-8-9-31-27(33-21)24-20(28)6-3-7-23(24)37-2/h3,6-9,11,14,18H,4-5,10,12,15,30H2,1-2H3/t18-/m1/s1. The Morgan fingerprint density at radius 3 is 2.95 bits per heavy atom. The zero-order valence-electron chi connectivity index (χ0n) is 20.6. The van der Waals surface area contributed by atoms with Crippen LogP contribution in [0.2, 0.25) is 0 Å². The lowest BCUT2D eigenvalue weighted by atomic mass is 9.96. The monoisotopic (exact) mass is 499 g/mol. The Hall–Kier alpha value is -4.36. The molecule has 1 fully saturated rings. The minimum absolute atomic E-state index is 0.00849. The first-order chi connectivity index (χ1) is 17.9. The van der Waals surface area contributed by atoms with Crippen molar-refractivity contribution in [3.63, 3.8) is 0 Å². The van der Waals surface area contributed by atoms with Crippen molar-refractivity contribution in [3.8, 4) is 23.2 Å². The molecule has 3 heterocycles. The second-order valence-electron chi connectivity index (χ2n) is 9.10. The molecule has 9 nitrogen and oxygen atoms in total. The fourth-order valence-electron chi connectivity index (χ4n) is 5.01. The maximum atomic E-state index is 14.6. The van der Waals surface area contributed by atoms with Crippen LogP contribution < -0.4 is 15.4 Å². The van der Waals surface area contributed by atoms with Gasteiger partial charge in [0.05, 0.1) is 35.6 Å². The van der Waals surface area contributed by atoms with Gasteiger partial charge in [-0.1, -0.05) is 6.07 Å². The molecule has 0 radical (unpaired) electrons. The van der Waals surface area contributed by atoms with Crippen LogP contribution in [0.4, 0.5) is 10.1 Å². The van der Waals surface area contributed by atoms with Crippen LogP contribution in [0.5, 0.6) is 5.75 Å². The molecule has 0 saturated carbocycles. The van der Waals surface area contributed by atoms with E-state index >= 15 is 0 Å². The van der Waals surface area contributed by atoms with Crippen molar-refractivity contribution >= 4 is 22.4 Å². The molecule has 0 spiro atoms. The molecular formula is C27H26FN7O2. The van der Waals surface area contributed by atoms with Crippen molar-refractivity contribution in [1.82, 2.24) is 19.7 Å². The van der Waals surface area contributed by atoms with Crippen LogP contribution in [0.15, 0.2) is 42.7 Å². The highest BCUT2D eigenvalue weighted by Crippen LogP contribution is 2.36. The van der Waals surface area contributed by atoms with Gasteiger partial charge in [-0.2, -0.15) is 10.4 Å². The number of aromatic nitrogens is 4. The summed E-state index contributed by atoms with van der Waals surface area (Å²) >= 11 is 0. The fourth-order valence-corrected chi connectivity index (χ4v) is 5.01. The van der Waals surface area contributed by atoms with Crippen LogP contribution in [0.3, 0.4) is 0 Å². The number of nitrogens with zero attached hydrogens (tertiary/aromatic N) is 6. The highest BCUT2D eigenvalue weighted by molar-refractivity contribution is 6.02. The number of ether oxygens (including phenoxy) is 1. The average Bonchev–Trinajstić information content (AvgIpc) is 3.29. The largest absolute Gasteiger partial charge is 0.496 e. The first-order valence-corrected chi connectivity index (χ1v) is 12.0. The maximum absolute atomic E-state index is 14.6. The van der Waals surface area contributed by atoms with Crippen LogP contribution >= 0.6 is 0 Å². The molecule has 2 aromatic carbocycles. The minimum atomic E-state index is -0.548. The Kier molecular flexibility index (Phi) is 6.54. The molecule has 2 aromatic heterocycles. The number of benzene rings is 2. The van der Waals surface area contributed by atoms with Gasteiger partial charge in [-0.3, -0.25) is 9.48 Å². The van der Waals surface area contributed by atoms with Gasteiger partial charge in [0.25, 0.3) is 0 Å². The van der Waals surface area contributed by atoms with Crippen molar-refractivity contribution in [2.24, 2.45) is 12.8 Å². The molecule has 1 aliphatic heterocycles.